The Morgan fingerprint density at radius 3 is 2.67 bits per heavy atom. The molecule has 0 unspecified atom stereocenters. The minimum atomic E-state index is 0. The summed E-state index contributed by atoms with van der Waals surface area (Å²) in [6, 6.07) is 8.62. The largest absolute Gasteiger partial charge is 0.370 e. The number of nitrogens with one attached hydrogen (secondary N) is 2. The van der Waals surface area contributed by atoms with Crippen molar-refractivity contribution in [3.8, 4) is 0 Å². The van der Waals surface area contributed by atoms with Gasteiger partial charge in [-0.05, 0) is 38.5 Å². The Balaban J connectivity index is 0.00000450. The Kier molecular flexibility index (Phi) is 12.1. The zero-order valence-corrected chi connectivity index (χ0v) is 21.0. The lowest BCUT2D eigenvalue weighted by Gasteiger charge is -2.24. The highest BCUT2D eigenvalue weighted by Gasteiger charge is 2.06. The predicted molar refractivity (Wildman–Crippen MR) is 137 cm³/mol. The molecule has 0 saturated heterocycles. The lowest BCUT2D eigenvalue weighted by Crippen LogP contribution is -2.43. The maximum atomic E-state index is 4.63. The van der Waals surface area contributed by atoms with E-state index in [-0.39, 0.29) is 24.0 Å². The van der Waals surface area contributed by atoms with Gasteiger partial charge in [-0.3, -0.25) is 0 Å². The summed E-state index contributed by atoms with van der Waals surface area (Å²) < 4.78 is 2.07. The first-order chi connectivity index (χ1) is 14.0. The maximum Gasteiger partial charge on any atom is 0.191 e. The standard InChI is InChI=1S/C22H35N7.HI/c1-6-21-27-26-17-29(21)14-12-24-22(25-16-18(3)4)23-11-13-28(7-2)20-10-8-9-19(5)15-20;/h8-10,15,17H,3,6-7,11-14,16H2,1-2,4-5H3,(H2,23,24,25);1H. The molecule has 0 saturated carbocycles. The highest BCUT2D eigenvalue weighted by Crippen LogP contribution is 2.14. The first-order valence-electron chi connectivity index (χ1n) is 10.4. The normalized spacial score (nSPS) is 11.0. The minimum Gasteiger partial charge on any atom is -0.370 e. The fraction of sp³-hybridized carbons (Fsp3) is 0.500. The SMILES string of the molecule is C=C(C)CN=C(NCCN(CC)c1cccc(C)c1)NCCn1cnnc1CC.I. The van der Waals surface area contributed by atoms with Crippen LogP contribution >= 0.6 is 24.0 Å². The molecule has 1 heterocycles. The lowest BCUT2D eigenvalue weighted by atomic mass is 10.2. The lowest BCUT2D eigenvalue weighted by molar-refractivity contribution is 0.631. The molecule has 0 aliphatic heterocycles. The Hall–Kier alpha value is -2.10. The smallest absolute Gasteiger partial charge is 0.191 e. The molecule has 0 aliphatic carbocycles. The Bertz CT molecular complexity index is 800. The second-order valence-corrected chi connectivity index (χ2v) is 7.19. The number of hydrogen-bond donors (Lipinski definition) is 2. The average Bonchev–Trinajstić information content (AvgIpc) is 3.16. The molecule has 166 valence electrons. The highest BCUT2D eigenvalue weighted by atomic mass is 127. The number of nitrogens with zero attached hydrogens (tertiary/aromatic N) is 5. The molecule has 30 heavy (non-hydrogen) atoms. The summed E-state index contributed by atoms with van der Waals surface area (Å²) >= 11 is 0. The van der Waals surface area contributed by atoms with E-state index in [9.17, 15) is 0 Å². The van der Waals surface area contributed by atoms with Gasteiger partial charge in [-0.1, -0.05) is 31.2 Å². The monoisotopic (exact) mass is 525 g/mol. The van der Waals surface area contributed by atoms with Crippen molar-refractivity contribution in [1.82, 2.24) is 25.4 Å². The summed E-state index contributed by atoms with van der Waals surface area (Å²) in [5.41, 5.74) is 3.57. The van der Waals surface area contributed by atoms with E-state index in [1.54, 1.807) is 6.33 Å². The van der Waals surface area contributed by atoms with Gasteiger partial charge in [0.25, 0.3) is 0 Å². The van der Waals surface area contributed by atoms with Crippen molar-refractivity contribution in [2.75, 3.05) is 37.6 Å². The van der Waals surface area contributed by atoms with Crippen molar-refractivity contribution in [3.63, 3.8) is 0 Å². The third kappa shape index (κ3) is 8.73. The maximum absolute atomic E-state index is 4.63. The molecule has 0 fully saturated rings. The molecule has 0 atom stereocenters. The number of aryl methyl sites for hydroxylation is 2. The quantitative estimate of drug-likeness (QED) is 0.204. The van der Waals surface area contributed by atoms with E-state index >= 15 is 0 Å². The van der Waals surface area contributed by atoms with Crippen LogP contribution in [0.4, 0.5) is 5.69 Å². The van der Waals surface area contributed by atoms with E-state index in [0.29, 0.717) is 6.54 Å². The van der Waals surface area contributed by atoms with E-state index in [0.717, 1.165) is 56.5 Å². The summed E-state index contributed by atoms with van der Waals surface area (Å²) in [6.07, 6.45) is 2.65. The summed E-state index contributed by atoms with van der Waals surface area (Å²) in [7, 11) is 0. The number of hydrogen-bond acceptors (Lipinski definition) is 4. The average molecular weight is 525 g/mol. The summed E-state index contributed by atoms with van der Waals surface area (Å²) in [4.78, 5) is 6.99. The molecular weight excluding hydrogens is 489 g/mol. The number of likely N-dealkylation sites (N-methyl/N-ethyl adjacent to an activating group) is 1. The van der Waals surface area contributed by atoms with Gasteiger partial charge in [-0.15, -0.1) is 34.2 Å². The summed E-state index contributed by atoms with van der Waals surface area (Å²) in [5.74, 6) is 1.80. The molecule has 1 aromatic heterocycles. The van der Waals surface area contributed by atoms with Crippen LogP contribution in [-0.2, 0) is 13.0 Å². The van der Waals surface area contributed by atoms with Crippen molar-refractivity contribution < 1.29 is 0 Å². The Morgan fingerprint density at radius 1 is 1.23 bits per heavy atom. The van der Waals surface area contributed by atoms with Gasteiger partial charge in [0.2, 0.25) is 0 Å². The number of halogens is 1. The van der Waals surface area contributed by atoms with Gasteiger partial charge in [-0.25, -0.2) is 4.99 Å². The van der Waals surface area contributed by atoms with Crippen LogP contribution in [0, 0.1) is 6.92 Å². The Morgan fingerprint density at radius 2 is 2.00 bits per heavy atom. The molecular formula is C22H36IN7. The zero-order valence-electron chi connectivity index (χ0n) is 18.7. The molecule has 2 N–H and O–H groups in total. The van der Waals surface area contributed by atoms with Crippen molar-refractivity contribution in [2.45, 2.75) is 40.7 Å². The molecule has 2 rings (SSSR count). The van der Waals surface area contributed by atoms with Gasteiger partial charge in [0.05, 0.1) is 6.54 Å². The molecule has 8 heteroatoms. The Labute approximate surface area is 198 Å². The molecule has 0 radical (unpaired) electrons. The number of anilines is 1. The summed E-state index contributed by atoms with van der Waals surface area (Å²) in [5, 5.41) is 15.0. The van der Waals surface area contributed by atoms with E-state index in [1.807, 2.05) is 6.92 Å². The minimum absolute atomic E-state index is 0. The van der Waals surface area contributed by atoms with Crippen molar-refractivity contribution >= 4 is 35.6 Å². The van der Waals surface area contributed by atoms with Gasteiger partial charge >= 0.3 is 0 Å². The molecule has 0 bridgehead atoms. The predicted octanol–water partition coefficient (Wildman–Crippen LogP) is 3.40. The van der Waals surface area contributed by atoms with Crippen LogP contribution < -0.4 is 15.5 Å². The highest BCUT2D eigenvalue weighted by molar-refractivity contribution is 14.0. The van der Waals surface area contributed by atoms with Crippen molar-refractivity contribution in [2.24, 2.45) is 4.99 Å². The second kappa shape index (κ2) is 14.0. The first kappa shape index (κ1) is 25.9. The number of aliphatic imine (C=N–C) groups is 1. The second-order valence-electron chi connectivity index (χ2n) is 7.19. The van der Waals surface area contributed by atoms with Crippen LogP contribution in [0.3, 0.4) is 0 Å². The third-order valence-electron chi connectivity index (χ3n) is 4.59. The number of aromatic nitrogens is 3. The zero-order chi connectivity index (χ0) is 21.1. The van der Waals surface area contributed by atoms with Gasteiger partial charge in [0, 0.05) is 44.8 Å². The summed E-state index contributed by atoms with van der Waals surface area (Å²) in [6.45, 7) is 17.2. The van der Waals surface area contributed by atoms with Crippen LogP contribution in [0.15, 0.2) is 47.7 Å². The topological polar surface area (TPSA) is 70.4 Å². The number of benzene rings is 1. The van der Waals surface area contributed by atoms with E-state index in [4.69, 9.17) is 0 Å². The van der Waals surface area contributed by atoms with Crippen LogP contribution in [0.25, 0.3) is 0 Å². The number of rotatable bonds is 11. The van der Waals surface area contributed by atoms with E-state index in [1.165, 1.54) is 11.3 Å². The first-order valence-corrected chi connectivity index (χ1v) is 10.4. The van der Waals surface area contributed by atoms with Crippen molar-refractivity contribution in [3.05, 3.63) is 54.1 Å². The van der Waals surface area contributed by atoms with Gasteiger partial charge in [0.15, 0.2) is 5.96 Å². The van der Waals surface area contributed by atoms with Gasteiger partial charge in [0.1, 0.15) is 12.2 Å². The van der Waals surface area contributed by atoms with Crippen LogP contribution in [0.2, 0.25) is 0 Å². The molecule has 1 aromatic carbocycles. The fourth-order valence-corrected chi connectivity index (χ4v) is 3.03. The third-order valence-corrected chi connectivity index (χ3v) is 4.59. The van der Waals surface area contributed by atoms with Gasteiger partial charge < -0.3 is 20.1 Å². The van der Waals surface area contributed by atoms with Crippen LogP contribution in [-0.4, -0.2) is 53.4 Å². The van der Waals surface area contributed by atoms with E-state index in [2.05, 4.69) is 86.9 Å². The molecule has 2 aromatic rings. The molecule has 7 nitrogen and oxygen atoms in total. The number of guanidine groups is 1. The van der Waals surface area contributed by atoms with E-state index < -0.39 is 0 Å². The van der Waals surface area contributed by atoms with Crippen LogP contribution in [0.1, 0.15) is 32.2 Å². The van der Waals surface area contributed by atoms with Crippen LogP contribution in [0.5, 0.6) is 0 Å². The molecule has 0 aliphatic rings. The fourth-order valence-electron chi connectivity index (χ4n) is 3.03. The van der Waals surface area contributed by atoms with Gasteiger partial charge in [-0.2, -0.15) is 0 Å². The molecule has 0 spiro atoms. The molecule has 0 amide bonds. The van der Waals surface area contributed by atoms with Crippen molar-refractivity contribution in [1.29, 1.82) is 0 Å².